The number of fused-ring (bicyclic) bond motifs is 1. The van der Waals surface area contributed by atoms with E-state index in [2.05, 4.69) is 15.4 Å². The van der Waals surface area contributed by atoms with Crippen LogP contribution in [0.2, 0.25) is 0 Å². The van der Waals surface area contributed by atoms with Crippen LogP contribution in [0, 0.1) is 18.6 Å². The van der Waals surface area contributed by atoms with Crippen LogP contribution >= 0.6 is 0 Å². The zero-order chi connectivity index (χ0) is 21.3. The molecule has 2 aromatic carbocycles. The van der Waals surface area contributed by atoms with Gasteiger partial charge in [-0.1, -0.05) is 18.2 Å². The second-order valence-electron chi connectivity index (χ2n) is 6.41. The number of anilines is 1. The molecule has 0 aliphatic heterocycles. The van der Waals surface area contributed by atoms with E-state index in [4.69, 9.17) is 4.74 Å². The molecule has 0 fully saturated rings. The SMILES string of the molecule is Cc1ccccc1Oc1nccn2c(=O)n(CC(=O)Nc3cc(F)ccc3F)nc12. The number of halogens is 2. The summed E-state index contributed by atoms with van der Waals surface area (Å²) in [5.41, 5.74) is 0.0222. The predicted molar refractivity (Wildman–Crippen MR) is 103 cm³/mol. The molecule has 152 valence electrons. The minimum absolute atomic E-state index is 0.0826. The number of nitrogens with one attached hydrogen (secondary N) is 1. The van der Waals surface area contributed by atoms with E-state index in [1.54, 1.807) is 12.1 Å². The van der Waals surface area contributed by atoms with Gasteiger partial charge in [-0.05, 0) is 30.7 Å². The molecule has 0 bridgehead atoms. The van der Waals surface area contributed by atoms with E-state index < -0.39 is 29.8 Å². The molecule has 0 saturated carbocycles. The van der Waals surface area contributed by atoms with Crippen molar-refractivity contribution in [3.8, 4) is 11.6 Å². The molecule has 0 atom stereocenters. The second kappa shape index (κ2) is 7.74. The highest BCUT2D eigenvalue weighted by atomic mass is 19.1. The number of ether oxygens (including phenoxy) is 1. The lowest BCUT2D eigenvalue weighted by Gasteiger charge is -2.07. The Bertz CT molecular complexity index is 1320. The van der Waals surface area contributed by atoms with Gasteiger partial charge in [-0.3, -0.25) is 4.79 Å². The van der Waals surface area contributed by atoms with E-state index in [-0.39, 0.29) is 17.2 Å². The van der Waals surface area contributed by atoms with Gasteiger partial charge in [0, 0.05) is 18.5 Å². The zero-order valence-electron chi connectivity index (χ0n) is 15.7. The number of hydrogen-bond acceptors (Lipinski definition) is 5. The van der Waals surface area contributed by atoms with Gasteiger partial charge in [0.25, 0.3) is 5.88 Å². The van der Waals surface area contributed by atoms with Crippen molar-refractivity contribution >= 4 is 17.2 Å². The van der Waals surface area contributed by atoms with Gasteiger partial charge in [0.15, 0.2) is 0 Å². The third-order valence-electron chi connectivity index (χ3n) is 4.27. The molecule has 0 aliphatic rings. The maximum absolute atomic E-state index is 13.7. The van der Waals surface area contributed by atoms with Crippen LogP contribution in [-0.4, -0.2) is 25.1 Å². The molecule has 0 unspecified atom stereocenters. The molecule has 2 heterocycles. The summed E-state index contributed by atoms with van der Waals surface area (Å²) in [5.74, 6) is -1.64. The highest BCUT2D eigenvalue weighted by molar-refractivity contribution is 5.90. The summed E-state index contributed by atoms with van der Waals surface area (Å²) in [5, 5.41) is 6.33. The monoisotopic (exact) mass is 411 g/mol. The summed E-state index contributed by atoms with van der Waals surface area (Å²) < 4.78 is 34.8. The van der Waals surface area contributed by atoms with Crippen LogP contribution in [0.1, 0.15) is 5.56 Å². The third kappa shape index (κ3) is 3.75. The first-order chi connectivity index (χ1) is 14.4. The van der Waals surface area contributed by atoms with E-state index in [0.717, 1.165) is 28.4 Å². The molecule has 0 aliphatic carbocycles. The van der Waals surface area contributed by atoms with Crippen molar-refractivity contribution in [3.63, 3.8) is 0 Å². The average Bonchev–Trinajstić information content (AvgIpc) is 3.03. The summed E-state index contributed by atoms with van der Waals surface area (Å²) in [6, 6.07) is 9.92. The lowest BCUT2D eigenvalue weighted by atomic mass is 10.2. The largest absolute Gasteiger partial charge is 0.436 e. The molecule has 4 rings (SSSR count). The smallest absolute Gasteiger partial charge is 0.351 e. The van der Waals surface area contributed by atoms with Crippen LogP contribution < -0.4 is 15.7 Å². The van der Waals surface area contributed by atoms with Crippen molar-refractivity contribution < 1.29 is 18.3 Å². The van der Waals surface area contributed by atoms with Gasteiger partial charge < -0.3 is 10.1 Å². The minimum Gasteiger partial charge on any atom is -0.436 e. The topological polar surface area (TPSA) is 90.5 Å². The number of rotatable bonds is 5. The van der Waals surface area contributed by atoms with Crippen LogP contribution in [0.4, 0.5) is 14.5 Å². The van der Waals surface area contributed by atoms with Crippen molar-refractivity contribution in [2.24, 2.45) is 0 Å². The molecule has 0 spiro atoms. The first-order valence-corrected chi connectivity index (χ1v) is 8.85. The Morgan fingerprint density at radius 3 is 2.80 bits per heavy atom. The lowest BCUT2D eigenvalue weighted by molar-refractivity contribution is -0.117. The maximum atomic E-state index is 13.7. The summed E-state index contributed by atoms with van der Waals surface area (Å²) in [6.07, 6.45) is 2.76. The Kier molecular flexibility index (Phi) is 4.97. The molecule has 1 amide bonds. The van der Waals surface area contributed by atoms with Gasteiger partial charge in [0.1, 0.15) is 23.9 Å². The second-order valence-corrected chi connectivity index (χ2v) is 6.41. The van der Waals surface area contributed by atoms with Gasteiger partial charge in [0.2, 0.25) is 11.6 Å². The molecular weight excluding hydrogens is 396 g/mol. The van der Waals surface area contributed by atoms with E-state index in [1.165, 1.54) is 16.8 Å². The van der Waals surface area contributed by atoms with Gasteiger partial charge >= 0.3 is 5.69 Å². The van der Waals surface area contributed by atoms with Crippen molar-refractivity contribution in [3.05, 3.63) is 82.5 Å². The highest BCUT2D eigenvalue weighted by Crippen LogP contribution is 2.25. The van der Waals surface area contributed by atoms with Crippen LogP contribution in [0.5, 0.6) is 11.6 Å². The number of carbonyl (C=O) groups is 1. The van der Waals surface area contributed by atoms with Crippen LogP contribution in [0.25, 0.3) is 5.65 Å². The maximum Gasteiger partial charge on any atom is 0.351 e. The standard InChI is InChI=1S/C20H15F2N5O3/c1-12-4-2-3-5-16(12)30-19-18-25-27(20(29)26(18)9-8-23-19)11-17(28)24-15-10-13(21)6-7-14(15)22/h2-10H,11H2,1H3,(H,24,28). The van der Waals surface area contributed by atoms with Crippen LogP contribution in [-0.2, 0) is 11.3 Å². The van der Waals surface area contributed by atoms with Crippen molar-refractivity contribution in [1.82, 2.24) is 19.2 Å². The molecule has 1 N–H and O–H groups in total. The molecule has 2 aromatic heterocycles. The fourth-order valence-corrected chi connectivity index (χ4v) is 2.79. The summed E-state index contributed by atoms with van der Waals surface area (Å²) >= 11 is 0. The van der Waals surface area contributed by atoms with Crippen LogP contribution in [0.3, 0.4) is 0 Å². The minimum atomic E-state index is -0.801. The Labute approximate surface area is 168 Å². The molecule has 0 saturated heterocycles. The number of carbonyl (C=O) groups excluding carboxylic acids is 1. The fourth-order valence-electron chi connectivity index (χ4n) is 2.79. The number of benzene rings is 2. The summed E-state index contributed by atoms with van der Waals surface area (Å²) in [4.78, 5) is 28.9. The third-order valence-corrected chi connectivity index (χ3v) is 4.27. The fraction of sp³-hybridized carbons (Fsp3) is 0.100. The number of amides is 1. The Balaban J connectivity index is 1.62. The molecule has 30 heavy (non-hydrogen) atoms. The van der Waals surface area contributed by atoms with Crippen molar-refractivity contribution in [1.29, 1.82) is 0 Å². The Hall–Kier alpha value is -4.08. The Morgan fingerprint density at radius 1 is 1.20 bits per heavy atom. The molecule has 10 heteroatoms. The average molecular weight is 411 g/mol. The zero-order valence-corrected chi connectivity index (χ0v) is 15.7. The molecule has 0 radical (unpaired) electrons. The number of para-hydroxylation sites is 1. The van der Waals surface area contributed by atoms with E-state index in [0.29, 0.717) is 5.75 Å². The summed E-state index contributed by atoms with van der Waals surface area (Å²) in [6.45, 7) is 1.34. The van der Waals surface area contributed by atoms with E-state index in [9.17, 15) is 18.4 Å². The number of hydrogen-bond donors (Lipinski definition) is 1. The first kappa shape index (κ1) is 19.2. The Morgan fingerprint density at radius 2 is 2.00 bits per heavy atom. The van der Waals surface area contributed by atoms with Crippen LogP contribution in [0.15, 0.2) is 59.7 Å². The van der Waals surface area contributed by atoms with Crippen molar-refractivity contribution in [2.75, 3.05) is 5.32 Å². The lowest BCUT2D eigenvalue weighted by Crippen LogP contribution is -2.28. The quantitative estimate of drug-likeness (QED) is 0.545. The number of aryl methyl sites for hydroxylation is 1. The van der Waals surface area contributed by atoms with E-state index in [1.807, 2.05) is 19.1 Å². The van der Waals surface area contributed by atoms with Gasteiger partial charge in [-0.2, -0.15) is 0 Å². The molecular formula is C20H15F2N5O3. The molecule has 4 aromatic rings. The highest BCUT2D eigenvalue weighted by Gasteiger charge is 2.17. The predicted octanol–water partition coefficient (Wildman–Crippen LogP) is 2.91. The van der Waals surface area contributed by atoms with Gasteiger partial charge in [0.05, 0.1) is 5.69 Å². The normalized spacial score (nSPS) is 10.9. The van der Waals surface area contributed by atoms with Crippen molar-refractivity contribution in [2.45, 2.75) is 13.5 Å². The van der Waals surface area contributed by atoms with Gasteiger partial charge in [-0.25, -0.2) is 27.6 Å². The van der Waals surface area contributed by atoms with E-state index >= 15 is 0 Å². The van der Waals surface area contributed by atoms with Gasteiger partial charge in [-0.15, -0.1) is 5.10 Å². The molecule has 8 nitrogen and oxygen atoms in total. The summed E-state index contributed by atoms with van der Waals surface area (Å²) in [7, 11) is 0. The first-order valence-electron chi connectivity index (χ1n) is 8.85. The number of aromatic nitrogens is 4. The number of nitrogens with zero attached hydrogens (tertiary/aromatic N) is 4.